The summed E-state index contributed by atoms with van der Waals surface area (Å²) in [5.41, 5.74) is 2.67. The Kier molecular flexibility index (Phi) is 6.40. The maximum atomic E-state index is 12.7. The highest BCUT2D eigenvalue weighted by atomic mass is 16.5. The molecule has 3 rings (SSSR count). The van der Waals surface area contributed by atoms with E-state index in [9.17, 15) is 4.79 Å². The lowest BCUT2D eigenvalue weighted by molar-refractivity contribution is 0.0936. The Balaban J connectivity index is 1.96. The van der Waals surface area contributed by atoms with Crippen molar-refractivity contribution in [3.05, 3.63) is 41.6 Å². The number of benzene rings is 1. The Bertz CT molecular complexity index is 776. The van der Waals surface area contributed by atoms with Crippen LogP contribution in [0.25, 0.3) is 11.4 Å². The summed E-state index contributed by atoms with van der Waals surface area (Å²) in [6, 6.07) is 8.49. The van der Waals surface area contributed by atoms with E-state index >= 15 is 0 Å². The second-order valence-corrected chi connectivity index (χ2v) is 7.08. The van der Waals surface area contributed by atoms with Crippen molar-refractivity contribution < 1.29 is 9.53 Å². The van der Waals surface area contributed by atoms with Gasteiger partial charge in [0.05, 0.1) is 6.61 Å². The van der Waals surface area contributed by atoms with Crippen LogP contribution in [0, 0.1) is 6.92 Å². The molecule has 1 N–H and O–H groups in total. The Hall–Kier alpha value is -2.47. The molecule has 0 saturated carbocycles. The van der Waals surface area contributed by atoms with E-state index in [-0.39, 0.29) is 5.91 Å². The first-order valence-electron chi connectivity index (χ1n) is 9.58. The van der Waals surface area contributed by atoms with Crippen LogP contribution in [0.1, 0.15) is 42.1 Å². The lowest BCUT2D eigenvalue weighted by Crippen LogP contribution is -2.40. The number of nitrogens with one attached hydrogen (secondary N) is 1. The molecule has 0 spiro atoms. The molecular formula is C21H28N4O2. The van der Waals surface area contributed by atoms with E-state index in [0.717, 1.165) is 30.8 Å². The fraction of sp³-hybridized carbons (Fsp3) is 0.476. The fourth-order valence-corrected chi connectivity index (χ4v) is 3.37. The standard InChI is InChI=1S/C21H28N4O2/c1-15-7-9-17(10-8-15)19-23-14-18(21(26)22-11-13-27-3)20(24-19)25-12-5-4-6-16(25)2/h7-10,14,16H,4-6,11-13H2,1-3H3,(H,22,26). The quantitative estimate of drug-likeness (QED) is 0.793. The predicted molar refractivity (Wildman–Crippen MR) is 107 cm³/mol. The second kappa shape index (κ2) is 8.95. The Morgan fingerprint density at radius 2 is 2.07 bits per heavy atom. The molecular weight excluding hydrogens is 340 g/mol. The average molecular weight is 368 g/mol. The van der Waals surface area contributed by atoms with Crippen molar-refractivity contribution in [1.29, 1.82) is 0 Å². The van der Waals surface area contributed by atoms with Crippen molar-refractivity contribution in [2.24, 2.45) is 0 Å². The zero-order valence-electron chi connectivity index (χ0n) is 16.4. The van der Waals surface area contributed by atoms with Crippen LogP contribution in [0.2, 0.25) is 0 Å². The molecule has 1 fully saturated rings. The summed E-state index contributed by atoms with van der Waals surface area (Å²) < 4.78 is 5.02. The molecule has 1 aliphatic heterocycles. The molecule has 0 radical (unpaired) electrons. The van der Waals surface area contributed by atoms with Gasteiger partial charge in [-0.05, 0) is 33.1 Å². The Labute approximate surface area is 161 Å². The van der Waals surface area contributed by atoms with Crippen LogP contribution in [-0.2, 0) is 4.74 Å². The highest BCUT2D eigenvalue weighted by Crippen LogP contribution is 2.28. The zero-order valence-corrected chi connectivity index (χ0v) is 16.4. The van der Waals surface area contributed by atoms with Crippen LogP contribution < -0.4 is 10.2 Å². The van der Waals surface area contributed by atoms with Crippen LogP contribution in [0.15, 0.2) is 30.5 Å². The van der Waals surface area contributed by atoms with E-state index in [1.807, 2.05) is 24.3 Å². The molecule has 6 nitrogen and oxygen atoms in total. The summed E-state index contributed by atoms with van der Waals surface area (Å²) in [4.78, 5) is 24.3. The smallest absolute Gasteiger partial charge is 0.256 e. The lowest BCUT2D eigenvalue weighted by atomic mass is 10.0. The fourth-order valence-electron chi connectivity index (χ4n) is 3.37. The van der Waals surface area contributed by atoms with Crippen molar-refractivity contribution in [2.45, 2.75) is 39.2 Å². The number of amides is 1. The average Bonchev–Trinajstić information content (AvgIpc) is 2.68. The molecule has 2 heterocycles. The van der Waals surface area contributed by atoms with Gasteiger partial charge in [0.2, 0.25) is 0 Å². The number of aromatic nitrogens is 2. The first-order valence-corrected chi connectivity index (χ1v) is 9.58. The molecule has 1 unspecified atom stereocenters. The first kappa shape index (κ1) is 19.3. The molecule has 1 aromatic heterocycles. The van der Waals surface area contributed by atoms with Gasteiger partial charge in [-0.3, -0.25) is 4.79 Å². The van der Waals surface area contributed by atoms with E-state index in [1.165, 1.54) is 12.0 Å². The van der Waals surface area contributed by atoms with E-state index in [0.29, 0.717) is 30.6 Å². The van der Waals surface area contributed by atoms with Crippen LogP contribution >= 0.6 is 0 Å². The molecule has 1 amide bonds. The third-order valence-corrected chi connectivity index (χ3v) is 4.99. The Morgan fingerprint density at radius 1 is 1.30 bits per heavy atom. The number of carbonyl (C=O) groups excluding carboxylic acids is 1. The van der Waals surface area contributed by atoms with E-state index < -0.39 is 0 Å². The molecule has 0 bridgehead atoms. The van der Waals surface area contributed by atoms with Crippen molar-refractivity contribution >= 4 is 11.7 Å². The molecule has 1 saturated heterocycles. The topological polar surface area (TPSA) is 67.3 Å². The minimum atomic E-state index is -0.157. The van der Waals surface area contributed by atoms with Crippen molar-refractivity contribution in [2.75, 3.05) is 31.7 Å². The van der Waals surface area contributed by atoms with Crippen LogP contribution in [0.4, 0.5) is 5.82 Å². The summed E-state index contributed by atoms with van der Waals surface area (Å²) >= 11 is 0. The highest BCUT2D eigenvalue weighted by Gasteiger charge is 2.25. The SMILES string of the molecule is COCCNC(=O)c1cnc(-c2ccc(C)cc2)nc1N1CCCCC1C. The van der Waals surface area contributed by atoms with Crippen molar-refractivity contribution in [1.82, 2.24) is 15.3 Å². The molecule has 0 aliphatic carbocycles. The summed E-state index contributed by atoms with van der Waals surface area (Å²) in [7, 11) is 1.62. The van der Waals surface area contributed by atoms with Gasteiger partial charge < -0.3 is 15.0 Å². The van der Waals surface area contributed by atoms with Gasteiger partial charge >= 0.3 is 0 Å². The van der Waals surface area contributed by atoms with E-state index in [1.54, 1.807) is 13.3 Å². The maximum Gasteiger partial charge on any atom is 0.256 e. The van der Waals surface area contributed by atoms with Crippen LogP contribution in [-0.4, -0.2) is 48.7 Å². The van der Waals surface area contributed by atoms with E-state index in [4.69, 9.17) is 9.72 Å². The molecule has 27 heavy (non-hydrogen) atoms. The summed E-state index contributed by atoms with van der Waals surface area (Å²) in [5.74, 6) is 1.22. The minimum absolute atomic E-state index is 0.157. The highest BCUT2D eigenvalue weighted by molar-refractivity contribution is 5.99. The monoisotopic (exact) mass is 368 g/mol. The van der Waals surface area contributed by atoms with Crippen molar-refractivity contribution in [3.63, 3.8) is 0 Å². The van der Waals surface area contributed by atoms with Gasteiger partial charge in [-0.2, -0.15) is 0 Å². The van der Waals surface area contributed by atoms with Crippen LogP contribution in [0.3, 0.4) is 0 Å². The van der Waals surface area contributed by atoms with Gasteiger partial charge in [0.1, 0.15) is 11.4 Å². The van der Waals surface area contributed by atoms with Crippen molar-refractivity contribution in [3.8, 4) is 11.4 Å². The van der Waals surface area contributed by atoms with Gasteiger partial charge in [-0.25, -0.2) is 9.97 Å². The lowest BCUT2D eigenvalue weighted by Gasteiger charge is -2.35. The number of anilines is 1. The number of methoxy groups -OCH3 is 1. The number of aryl methyl sites for hydroxylation is 1. The third-order valence-electron chi connectivity index (χ3n) is 4.99. The van der Waals surface area contributed by atoms with Gasteiger partial charge in [0.15, 0.2) is 5.82 Å². The predicted octanol–water partition coefficient (Wildman–Crippen LogP) is 3.21. The van der Waals surface area contributed by atoms with Gasteiger partial charge in [0, 0.05) is 38.0 Å². The van der Waals surface area contributed by atoms with Gasteiger partial charge in [-0.15, -0.1) is 0 Å². The largest absolute Gasteiger partial charge is 0.383 e. The number of piperidine rings is 1. The normalized spacial score (nSPS) is 17.0. The molecule has 1 atom stereocenters. The molecule has 1 aromatic carbocycles. The molecule has 6 heteroatoms. The maximum absolute atomic E-state index is 12.7. The number of carbonyl (C=O) groups is 1. The summed E-state index contributed by atoms with van der Waals surface area (Å²) in [6.07, 6.45) is 5.08. The molecule has 144 valence electrons. The number of ether oxygens (including phenoxy) is 1. The van der Waals surface area contributed by atoms with E-state index in [2.05, 4.69) is 29.0 Å². The summed E-state index contributed by atoms with van der Waals surface area (Å²) in [6.45, 7) is 6.09. The second-order valence-electron chi connectivity index (χ2n) is 7.08. The minimum Gasteiger partial charge on any atom is -0.383 e. The van der Waals surface area contributed by atoms with Crippen LogP contribution in [0.5, 0.6) is 0 Å². The molecule has 1 aliphatic rings. The summed E-state index contributed by atoms with van der Waals surface area (Å²) in [5, 5.41) is 2.89. The number of rotatable bonds is 6. The Morgan fingerprint density at radius 3 is 2.78 bits per heavy atom. The third kappa shape index (κ3) is 4.63. The van der Waals surface area contributed by atoms with Gasteiger partial charge in [-0.1, -0.05) is 29.8 Å². The number of nitrogens with zero attached hydrogens (tertiary/aromatic N) is 3. The first-order chi connectivity index (χ1) is 13.1. The van der Waals surface area contributed by atoms with Gasteiger partial charge in [0.25, 0.3) is 5.91 Å². The zero-order chi connectivity index (χ0) is 19.2. The molecule has 2 aromatic rings. The number of hydrogen-bond donors (Lipinski definition) is 1. The number of hydrogen-bond acceptors (Lipinski definition) is 5.